The van der Waals surface area contributed by atoms with E-state index in [1.807, 2.05) is 0 Å². The molecule has 0 saturated heterocycles. The summed E-state index contributed by atoms with van der Waals surface area (Å²) in [5, 5.41) is 0. The summed E-state index contributed by atoms with van der Waals surface area (Å²) < 4.78 is 0. The van der Waals surface area contributed by atoms with Crippen LogP contribution in [0.1, 0.15) is 78.6 Å². The number of nitrogens with zero attached hydrogens (tertiary/aromatic N) is 1. The summed E-state index contributed by atoms with van der Waals surface area (Å²) in [5.74, 6) is 0.301. The Balaban J connectivity index is 4.24. The van der Waals surface area contributed by atoms with Crippen molar-refractivity contribution in [2.45, 2.75) is 78.6 Å². The molecule has 0 aliphatic carbocycles. The van der Waals surface area contributed by atoms with E-state index < -0.39 is 0 Å². The van der Waals surface area contributed by atoms with Gasteiger partial charge in [0.1, 0.15) is 0 Å². The van der Waals surface area contributed by atoms with Crippen molar-refractivity contribution in [1.29, 1.82) is 0 Å². The average molecular weight is 284 g/mol. The quantitative estimate of drug-likeness (QED) is 0.520. The molecule has 20 heavy (non-hydrogen) atoms. The first kappa shape index (κ1) is 19.4. The van der Waals surface area contributed by atoms with Gasteiger partial charge in [0.2, 0.25) is 5.91 Å². The fourth-order valence-corrected chi connectivity index (χ4v) is 2.49. The van der Waals surface area contributed by atoms with E-state index in [9.17, 15) is 4.79 Å². The molecule has 2 N–H and O–H groups in total. The lowest BCUT2D eigenvalue weighted by atomic mass is 10.0. The van der Waals surface area contributed by atoms with Gasteiger partial charge in [-0.2, -0.15) is 0 Å². The summed E-state index contributed by atoms with van der Waals surface area (Å²) in [4.78, 5) is 14.6. The largest absolute Gasteiger partial charge is 0.342 e. The Morgan fingerprint density at radius 2 is 1.40 bits per heavy atom. The third kappa shape index (κ3) is 8.57. The number of unbranched alkanes of at least 4 members (excludes halogenated alkanes) is 6. The molecule has 0 aliphatic rings. The topological polar surface area (TPSA) is 46.3 Å². The highest BCUT2D eigenvalue weighted by molar-refractivity contribution is 5.79. The standard InChI is InChI=1S/C17H36N2O/c1-4-7-9-11-13-19(14-12-10-8-5-2)17(20)16(6-3)15-18/h16H,4-15,18H2,1-3H3. The minimum absolute atomic E-state index is 0.0207. The van der Waals surface area contributed by atoms with Gasteiger partial charge < -0.3 is 10.6 Å². The van der Waals surface area contributed by atoms with Crippen molar-refractivity contribution in [1.82, 2.24) is 4.90 Å². The van der Waals surface area contributed by atoms with Crippen LogP contribution in [0.15, 0.2) is 0 Å². The number of nitrogens with two attached hydrogens (primary N) is 1. The summed E-state index contributed by atoms with van der Waals surface area (Å²) in [6, 6.07) is 0. The van der Waals surface area contributed by atoms with Crippen LogP contribution in [0.2, 0.25) is 0 Å². The van der Waals surface area contributed by atoms with E-state index in [0.717, 1.165) is 32.4 Å². The number of carbonyl (C=O) groups excluding carboxylic acids is 1. The third-order valence-corrected chi connectivity index (χ3v) is 4.00. The molecule has 0 saturated carbocycles. The zero-order chi connectivity index (χ0) is 15.2. The molecular weight excluding hydrogens is 248 g/mol. The van der Waals surface area contributed by atoms with Gasteiger partial charge in [-0.25, -0.2) is 0 Å². The van der Waals surface area contributed by atoms with Crippen LogP contribution in [-0.4, -0.2) is 30.4 Å². The van der Waals surface area contributed by atoms with Crippen molar-refractivity contribution in [3.63, 3.8) is 0 Å². The van der Waals surface area contributed by atoms with E-state index in [1.165, 1.54) is 38.5 Å². The van der Waals surface area contributed by atoms with Crippen LogP contribution in [0.5, 0.6) is 0 Å². The maximum Gasteiger partial charge on any atom is 0.226 e. The predicted octanol–water partition coefficient (Wildman–Crippen LogP) is 3.96. The zero-order valence-electron chi connectivity index (χ0n) is 14.0. The van der Waals surface area contributed by atoms with Gasteiger partial charge in [0.25, 0.3) is 0 Å². The Labute approximate surface area is 126 Å². The summed E-state index contributed by atoms with van der Waals surface area (Å²) in [5.41, 5.74) is 5.73. The van der Waals surface area contributed by atoms with Crippen LogP contribution in [0, 0.1) is 5.92 Å². The van der Waals surface area contributed by atoms with E-state index in [2.05, 4.69) is 25.7 Å². The fourth-order valence-electron chi connectivity index (χ4n) is 2.49. The molecule has 3 nitrogen and oxygen atoms in total. The van der Waals surface area contributed by atoms with E-state index in [1.54, 1.807) is 0 Å². The fraction of sp³-hybridized carbons (Fsp3) is 0.941. The summed E-state index contributed by atoms with van der Waals surface area (Å²) in [7, 11) is 0. The minimum atomic E-state index is 0.0207. The highest BCUT2D eigenvalue weighted by Crippen LogP contribution is 2.11. The first-order valence-electron chi connectivity index (χ1n) is 8.69. The van der Waals surface area contributed by atoms with Crippen molar-refractivity contribution >= 4 is 5.91 Å². The molecular formula is C17H36N2O. The van der Waals surface area contributed by atoms with Gasteiger partial charge in [-0.1, -0.05) is 59.3 Å². The number of carbonyl (C=O) groups is 1. The van der Waals surface area contributed by atoms with Gasteiger partial charge in [0.15, 0.2) is 0 Å². The molecule has 0 rings (SSSR count). The van der Waals surface area contributed by atoms with Gasteiger partial charge >= 0.3 is 0 Å². The molecule has 1 amide bonds. The second-order valence-electron chi connectivity index (χ2n) is 5.79. The van der Waals surface area contributed by atoms with Gasteiger partial charge in [-0.05, 0) is 19.3 Å². The van der Waals surface area contributed by atoms with Crippen molar-refractivity contribution in [3.05, 3.63) is 0 Å². The maximum absolute atomic E-state index is 12.5. The van der Waals surface area contributed by atoms with Crippen LogP contribution in [0.4, 0.5) is 0 Å². The molecule has 0 heterocycles. The number of hydrogen-bond acceptors (Lipinski definition) is 2. The molecule has 3 heteroatoms. The smallest absolute Gasteiger partial charge is 0.226 e. The second kappa shape index (κ2) is 13.4. The maximum atomic E-state index is 12.5. The molecule has 1 atom stereocenters. The number of amides is 1. The Bertz CT molecular complexity index is 215. The van der Waals surface area contributed by atoms with E-state index in [-0.39, 0.29) is 11.8 Å². The molecule has 120 valence electrons. The lowest BCUT2D eigenvalue weighted by Gasteiger charge is -2.26. The molecule has 0 aromatic rings. The van der Waals surface area contributed by atoms with Crippen molar-refractivity contribution < 1.29 is 4.79 Å². The average Bonchev–Trinajstić information content (AvgIpc) is 2.46. The highest BCUT2D eigenvalue weighted by atomic mass is 16.2. The Morgan fingerprint density at radius 1 is 0.900 bits per heavy atom. The summed E-state index contributed by atoms with van der Waals surface area (Å²) in [6.45, 7) is 8.81. The van der Waals surface area contributed by atoms with Crippen LogP contribution < -0.4 is 5.73 Å². The number of rotatable bonds is 13. The monoisotopic (exact) mass is 284 g/mol. The minimum Gasteiger partial charge on any atom is -0.342 e. The highest BCUT2D eigenvalue weighted by Gasteiger charge is 2.20. The van der Waals surface area contributed by atoms with E-state index in [0.29, 0.717) is 6.54 Å². The Morgan fingerprint density at radius 3 is 1.75 bits per heavy atom. The van der Waals surface area contributed by atoms with Gasteiger partial charge in [-0.3, -0.25) is 4.79 Å². The first-order chi connectivity index (χ1) is 9.71. The molecule has 0 spiro atoms. The predicted molar refractivity (Wildman–Crippen MR) is 87.7 cm³/mol. The van der Waals surface area contributed by atoms with Gasteiger partial charge in [0.05, 0.1) is 5.92 Å². The van der Waals surface area contributed by atoms with E-state index >= 15 is 0 Å². The molecule has 0 fully saturated rings. The van der Waals surface area contributed by atoms with Crippen molar-refractivity contribution in [2.75, 3.05) is 19.6 Å². The van der Waals surface area contributed by atoms with Crippen molar-refractivity contribution in [3.8, 4) is 0 Å². The van der Waals surface area contributed by atoms with Crippen LogP contribution in [0.25, 0.3) is 0 Å². The van der Waals surface area contributed by atoms with Crippen LogP contribution in [-0.2, 0) is 4.79 Å². The SMILES string of the molecule is CCCCCCN(CCCCCC)C(=O)C(CC)CN. The van der Waals surface area contributed by atoms with Gasteiger partial charge in [-0.15, -0.1) is 0 Å². The molecule has 0 aromatic carbocycles. The summed E-state index contributed by atoms with van der Waals surface area (Å²) in [6.07, 6.45) is 10.6. The van der Waals surface area contributed by atoms with E-state index in [4.69, 9.17) is 5.73 Å². The summed E-state index contributed by atoms with van der Waals surface area (Å²) >= 11 is 0. The first-order valence-corrected chi connectivity index (χ1v) is 8.69. The normalized spacial score (nSPS) is 12.4. The van der Waals surface area contributed by atoms with Gasteiger partial charge in [0, 0.05) is 19.6 Å². The lowest BCUT2D eigenvalue weighted by molar-refractivity contribution is -0.135. The molecule has 0 bridgehead atoms. The lowest BCUT2D eigenvalue weighted by Crippen LogP contribution is -2.40. The molecule has 0 radical (unpaired) electrons. The van der Waals surface area contributed by atoms with Crippen molar-refractivity contribution in [2.24, 2.45) is 11.7 Å². The Hall–Kier alpha value is -0.570. The van der Waals surface area contributed by atoms with Crippen LogP contribution >= 0.6 is 0 Å². The number of hydrogen-bond donors (Lipinski definition) is 1. The second-order valence-corrected chi connectivity index (χ2v) is 5.79. The van der Waals surface area contributed by atoms with Crippen LogP contribution in [0.3, 0.4) is 0 Å². The Kier molecular flexibility index (Phi) is 13.0. The third-order valence-electron chi connectivity index (χ3n) is 4.00. The zero-order valence-corrected chi connectivity index (χ0v) is 14.0. The molecule has 1 unspecified atom stereocenters. The molecule has 0 aliphatic heterocycles. The molecule has 0 aromatic heterocycles.